The molecular formula is C17H14N2O4S. The maximum absolute atomic E-state index is 12.1. The molecule has 6 nitrogen and oxygen atoms in total. The third-order valence-electron chi connectivity index (χ3n) is 3.61. The van der Waals surface area contributed by atoms with E-state index >= 15 is 0 Å². The second-order valence-electron chi connectivity index (χ2n) is 5.31. The van der Waals surface area contributed by atoms with Crippen LogP contribution in [0.1, 0.15) is 16.7 Å². The van der Waals surface area contributed by atoms with Crippen LogP contribution in [0.15, 0.2) is 58.5 Å². The number of ketones is 1. The lowest BCUT2D eigenvalue weighted by Crippen LogP contribution is -2.19. The number of nitrogens with one attached hydrogen (secondary N) is 1. The molecule has 0 heterocycles. The molecule has 1 aliphatic rings. The van der Waals surface area contributed by atoms with Crippen LogP contribution in [-0.4, -0.2) is 24.5 Å². The fourth-order valence-corrected chi connectivity index (χ4v) is 3.19. The standard InChI is InChI=1S/C17H14N2O4S/c1-11-10-13(7-9-16(11)24(21,22)23)18-19-17-14-5-3-2-4-12(14)6-8-15(17)20/h2-10,18H,1H3,(H,21,22,23)/b19-17-. The van der Waals surface area contributed by atoms with E-state index in [1.165, 1.54) is 24.3 Å². The number of hydrazone groups is 1. The predicted molar refractivity (Wildman–Crippen MR) is 91.6 cm³/mol. The molecule has 24 heavy (non-hydrogen) atoms. The van der Waals surface area contributed by atoms with Crippen molar-refractivity contribution in [2.45, 2.75) is 11.8 Å². The van der Waals surface area contributed by atoms with Crippen LogP contribution in [0.5, 0.6) is 0 Å². The van der Waals surface area contributed by atoms with Crippen LogP contribution >= 0.6 is 0 Å². The number of carbonyl (C=O) groups excluding carboxylic acids is 1. The normalized spacial score (nSPS) is 15.4. The third kappa shape index (κ3) is 3.12. The van der Waals surface area contributed by atoms with E-state index in [1.54, 1.807) is 13.0 Å². The molecule has 3 rings (SSSR count). The second-order valence-corrected chi connectivity index (χ2v) is 6.70. The topological polar surface area (TPSA) is 95.8 Å². The number of anilines is 1. The minimum atomic E-state index is -4.26. The van der Waals surface area contributed by atoms with Crippen LogP contribution in [0.4, 0.5) is 5.69 Å². The summed E-state index contributed by atoms with van der Waals surface area (Å²) in [4.78, 5) is 11.9. The molecule has 0 radical (unpaired) electrons. The highest BCUT2D eigenvalue weighted by Gasteiger charge is 2.18. The molecule has 0 atom stereocenters. The highest BCUT2D eigenvalue weighted by molar-refractivity contribution is 7.85. The lowest BCUT2D eigenvalue weighted by Gasteiger charge is -2.12. The van der Waals surface area contributed by atoms with Gasteiger partial charge in [0.2, 0.25) is 5.78 Å². The van der Waals surface area contributed by atoms with Gasteiger partial charge in [-0.3, -0.25) is 14.8 Å². The van der Waals surface area contributed by atoms with Gasteiger partial charge in [-0.05, 0) is 42.3 Å². The van der Waals surface area contributed by atoms with Crippen LogP contribution in [-0.2, 0) is 14.9 Å². The molecule has 0 bridgehead atoms. The highest BCUT2D eigenvalue weighted by atomic mass is 32.2. The number of nitrogens with zero attached hydrogens (tertiary/aromatic N) is 1. The summed E-state index contributed by atoms with van der Waals surface area (Å²) in [6, 6.07) is 11.7. The van der Waals surface area contributed by atoms with Crippen LogP contribution < -0.4 is 5.43 Å². The van der Waals surface area contributed by atoms with Crippen molar-refractivity contribution < 1.29 is 17.8 Å². The molecule has 0 unspecified atom stereocenters. The number of carbonyl (C=O) groups is 1. The quantitative estimate of drug-likeness (QED) is 0.660. The Morgan fingerprint density at radius 2 is 1.83 bits per heavy atom. The Labute approximate surface area is 139 Å². The highest BCUT2D eigenvalue weighted by Crippen LogP contribution is 2.21. The number of rotatable bonds is 3. The molecule has 0 saturated carbocycles. The van der Waals surface area contributed by atoms with Gasteiger partial charge in [-0.2, -0.15) is 13.5 Å². The fraction of sp³-hybridized carbons (Fsp3) is 0.0588. The molecule has 0 fully saturated rings. The minimum Gasteiger partial charge on any atom is -0.287 e. The van der Waals surface area contributed by atoms with Crippen molar-refractivity contribution in [3.8, 4) is 0 Å². The van der Waals surface area contributed by atoms with Crippen molar-refractivity contribution >= 4 is 33.4 Å². The van der Waals surface area contributed by atoms with E-state index in [0.29, 0.717) is 11.3 Å². The largest absolute Gasteiger partial charge is 0.294 e. The zero-order valence-corrected chi connectivity index (χ0v) is 13.5. The van der Waals surface area contributed by atoms with E-state index in [1.807, 2.05) is 24.3 Å². The van der Waals surface area contributed by atoms with Gasteiger partial charge < -0.3 is 0 Å². The van der Waals surface area contributed by atoms with Crippen LogP contribution in [0.3, 0.4) is 0 Å². The van der Waals surface area contributed by atoms with E-state index < -0.39 is 10.1 Å². The van der Waals surface area contributed by atoms with Crippen molar-refractivity contribution in [1.29, 1.82) is 0 Å². The summed E-state index contributed by atoms with van der Waals surface area (Å²) < 4.78 is 31.5. The first-order valence-electron chi connectivity index (χ1n) is 7.10. The van der Waals surface area contributed by atoms with E-state index in [0.717, 1.165) is 11.1 Å². The van der Waals surface area contributed by atoms with Crippen LogP contribution in [0, 0.1) is 6.92 Å². The fourth-order valence-electron chi connectivity index (χ4n) is 2.48. The van der Waals surface area contributed by atoms with Crippen molar-refractivity contribution in [3.63, 3.8) is 0 Å². The van der Waals surface area contributed by atoms with Gasteiger partial charge in [0.15, 0.2) is 0 Å². The first-order valence-corrected chi connectivity index (χ1v) is 8.54. The molecular weight excluding hydrogens is 328 g/mol. The van der Waals surface area contributed by atoms with Crippen molar-refractivity contribution in [3.05, 3.63) is 65.2 Å². The Hall–Kier alpha value is -2.77. The van der Waals surface area contributed by atoms with E-state index in [-0.39, 0.29) is 16.4 Å². The van der Waals surface area contributed by atoms with E-state index in [9.17, 15) is 13.2 Å². The third-order valence-corrected chi connectivity index (χ3v) is 4.63. The molecule has 0 amide bonds. The lowest BCUT2D eigenvalue weighted by atomic mass is 9.95. The second kappa shape index (κ2) is 6.03. The molecule has 0 aromatic heterocycles. The molecule has 2 aromatic rings. The Balaban J connectivity index is 1.93. The summed E-state index contributed by atoms with van der Waals surface area (Å²) in [7, 11) is -4.26. The Bertz CT molecular complexity index is 991. The monoisotopic (exact) mass is 342 g/mol. The summed E-state index contributed by atoms with van der Waals surface area (Å²) in [6.45, 7) is 1.56. The summed E-state index contributed by atoms with van der Waals surface area (Å²) >= 11 is 0. The average molecular weight is 342 g/mol. The number of hydrogen-bond donors (Lipinski definition) is 2. The molecule has 0 aliphatic heterocycles. The molecule has 0 spiro atoms. The van der Waals surface area contributed by atoms with Crippen molar-refractivity contribution in [2.24, 2.45) is 5.10 Å². The number of hydrogen-bond acceptors (Lipinski definition) is 5. The van der Waals surface area contributed by atoms with E-state index in [2.05, 4.69) is 10.5 Å². The van der Waals surface area contributed by atoms with Gasteiger partial charge in [0.25, 0.3) is 10.1 Å². The van der Waals surface area contributed by atoms with Gasteiger partial charge in [0.05, 0.1) is 10.6 Å². The molecule has 2 aromatic carbocycles. The Morgan fingerprint density at radius 3 is 2.54 bits per heavy atom. The molecule has 7 heteroatoms. The van der Waals surface area contributed by atoms with Crippen LogP contribution in [0.25, 0.3) is 6.08 Å². The smallest absolute Gasteiger partial charge is 0.287 e. The first-order chi connectivity index (χ1) is 11.4. The average Bonchev–Trinajstić information content (AvgIpc) is 2.53. The number of benzene rings is 2. The van der Waals surface area contributed by atoms with Crippen molar-refractivity contribution in [2.75, 3.05) is 5.43 Å². The summed E-state index contributed by atoms with van der Waals surface area (Å²) in [5.41, 5.74) is 5.55. The number of aryl methyl sites for hydroxylation is 1. The summed E-state index contributed by atoms with van der Waals surface area (Å²) in [5, 5.41) is 4.16. The van der Waals surface area contributed by atoms with Gasteiger partial charge in [-0.25, -0.2) is 0 Å². The lowest BCUT2D eigenvalue weighted by molar-refractivity contribution is -0.108. The summed E-state index contributed by atoms with van der Waals surface area (Å²) in [6.07, 6.45) is 3.19. The first kappa shape index (κ1) is 16.1. The zero-order chi connectivity index (χ0) is 17.3. The van der Waals surface area contributed by atoms with Crippen molar-refractivity contribution in [1.82, 2.24) is 0 Å². The zero-order valence-electron chi connectivity index (χ0n) is 12.7. The predicted octanol–water partition coefficient (Wildman–Crippen LogP) is 2.65. The molecule has 2 N–H and O–H groups in total. The van der Waals surface area contributed by atoms with Gasteiger partial charge in [-0.15, -0.1) is 0 Å². The molecule has 122 valence electrons. The SMILES string of the molecule is Cc1cc(N/N=C2\C(=O)C=Cc3ccccc32)ccc1S(=O)(=O)O. The van der Waals surface area contributed by atoms with Gasteiger partial charge in [0.1, 0.15) is 5.71 Å². The Kier molecular flexibility index (Phi) is 4.04. The van der Waals surface area contributed by atoms with E-state index in [4.69, 9.17) is 4.55 Å². The van der Waals surface area contributed by atoms with Gasteiger partial charge in [-0.1, -0.05) is 30.3 Å². The maximum Gasteiger partial charge on any atom is 0.294 e. The molecule has 1 aliphatic carbocycles. The van der Waals surface area contributed by atoms with Gasteiger partial charge >= 0.3 is 0 Å². The van der Waals surface area contributed by atoms with Gasteiger partial charge in [0, 0.05) is 5.56 Å². The minimum absolute atomic E-state index is 0.164. The number of allylic oxidation sites excluding steroid dienone is 1. The number of fused-ring (bicyclic) bond motifs is 1. The molecule has 0 saturated heterocycles. The maximum atomic E-state index is 12.1. The Morgan fingerprint density at radius 1 is 1.08 bits per heavy atom. The summed E-state index contributed by atoms with van der Waals surface area (Å²) in [5.74, 6) is -0.215. The van der Waals surface area contributed by atoms with Crippen LogP contribution in [0.2, 0.25) is 0 Å².